The summed E-state index contributed by atoms with van der Waals surface area (Å²) < 4.78 is 75.6. The highest BCUT2D eigenvalue weighted by atomic mass is 31.0. The van der Waals surface area contributed by atoms with Gasteiger partial charge in [0.2, 0.25) is 0 Å². The summed E-state index contributed by atoms with van der Waals surface area (Å²) >= 11 is 0. The van der Waals surface area contributed by atoms with Crippen molar-refractivity contribution in [2.45, 2.75) is 11.8 Å². The van der Waals surface area contributed by atoms with Crippen LogP contribution in [0.1, 0.15) is 0 Å². The number of rotatable bonds is 7. The maximum absolute atomic E-state index is 13.3. The van der Waals surface area contributed by atoms with E-state index in [2.05, 4.69) is 14.8 Å². The number of aromatic nitrogens is 4. The van der Waals surface area contributed by atoms with E-state index in [1.807, 2.05) is 0 Å². The zero-order valence-electron chi connectivity index (χ0n) is 15.9. The van der Waals surface area contributed by atoms with Crippen molar-refractivity contribution in [2.75, 3.05) is 13.2 Å². The molecule has 1 atom stereocenters. The van der Waals surface area contributed by atoms with Gasteiger partial charge in [0.1, 0.15) is 5.75 Å². The number of halogens is 5. The van der Waals surface area contributed by atoms with Gasteiger partial charge in [0, 0.05) is 19.3 Å². The van der Waals surface area contributed by atoms with E-state index in [4.69, 9.17) is 4.74 Å². The molecule has 2 heterocycles. The van der Waals surface area contributed by atoms with Crippen LogP contribution >= 0.6 is 9.24 Å². The third-order valence-electron chi connectivity index (χ3n) is 3.86. The topological polar surface area (TPSA) is 71.2 Å². The van der Waals surface area contributed by atoms with Crippen molar-refractivity contribution >= 4 is 9.24 Å². The standard InChI is InChI=1S/C18H16F5N4O3P/c1-26-14(6-7-24-26)13-8-15(28)27(16(25-13)30-10-18(22,23)31)11-2-4-12(5-3-11)29-9-17(19,20)21/h2-8H,9-10,31H2,1H3. The Hall–Kier alpha value is -3.01. The van der Waals surface area contributed by atoms with Crippen LogP contribution in [0.25, 0.3) is 17.1 Å². The summed E-state index contributed by atoms with van der Waals surface area (Å²) in [6.45, 7) is -2.56. The van der Waals surface area contributed by atoms with Crippen LogP contribution in [0.2, 0.25) is 0 Å². The van der Waals surface area contributed by atoms with Crippen LogP contribution in [0.3, 0.4) is 0 Å². The molecule has 0 saturated heterocycles. The summed E-state index contributed by atoms with van der Waals surface area (Å²) in [5, 5.41) is 3.97. The van der Waals surface area contributed by atoms with Crippen molar-refractivity contribution in [2.24, 2.45) is 7.05 Å². The van der Waals surface area contributed by atoms with E-state index in [1.165, 1.54) is 44.4 Å². The molecule has 166 valence electrons. The predicted molar refractivity (Wildman–Crippen MR) is 104 cm³/mol. The molecule has 0 saturated carbocycles. The minimum atomic E-state index is -4.51. The van der Waals surface area contributed by atoms with Gasteiger partial charge < -0.3 is 9.47 Å². The van der Waals surface area contributed by atoms with Crippen LogP contribution in [-0.4, -0.2) is 44.4 Å². The lowest BCUT2D eigenvalue weighted by Crippen LogP contribution is -2.25. The van der Waals surface area contributed by atoms with Crippen molar-refractivity contribution in [1.82, 2.24) is 19.3 Å². The van der Waals surface area contributed by atoms with Crippen LogP contribution in [-0.2, 0) is 7.05 Å². The minimum Gasteiger partial charge on any atom is -0.484 e. The maximum atomic E-state index is 13.3. The monoisotopic (exact) mass is 462 g/mol. The van der Waals surface area contributed by atoms with E-state index >= 15 is 0 Å². The normalized spacial score (nSPS) is 12.1. The first-order valence-electron chi connectivity index (χ1n) is 8.65. The SMILES string of the molecule is Cn1nccc1-c1cc(=O)n(-c2ccc(OCC(F)(F)F)cc2)c(OCC(F)(F)P)n1. The third kappa shape index (κ3) is 6.00. The van der Waals surface area contributed by atoms with Crippen molar-refractivity contribution in [3.05, 3.63) is 52.9 Å². The number of alkyl halides is 5. The second-order valence-electron chi connectivity index (χ2n) is 6.39. The summed E-state index contributed by atoms with van der Waals surface area (Å²) in [7, 11) is 2.93. The fourth-order valence-corrected chi connectivity index (χ4v) is 2.65. The molecule has 0 fully saturated rings. The van der Waals surface area contributed by atoms with Gasteiger partial charge in [-0.05, 0) is 30.3 Å². The molecular weight excluding hydrogens is 446 g/mol. The number of benzene rings is 1. The van der Waals surface area contributed by atoms with Crippen LogP contribution in [0.4, 0.5) is 22.0 Å². The predicted octanol–water partition coefficient (Wildman–Crippen LogP) is 3.42. The lowest BCUT2D eigenvalue weighted by atomic mass is 10.2. The van der Waals surface area contributed by atoms with E-state index in [9.17, 15) is 26.7 Å². The molecule has 0 amide bonds. The smallest absolute Gasteiger partial charge is 0.422 e. The highest BCUT2D eigenvalue weighted by Gasteiger charge is 2.28. The maximum Gasteiger partial charge on any atom is 0.422 e. The molecule has 7 nitrogen and oxygen atoms in total. The molecule has 3 aromatic rings. The summed E-state index contributed by atoms with van der Waals surface area (Å²) in [4.78, 5) is 16.9. The number of hydrogen-bond acceptors (Lipinski definition) is 5. The zero-order valence-corrected chi connectivity index (χ0v) is 17.1. The van der Waals surface area contributed by atoms with Gasteiger partial charge in [0.25, 0.3) is 11.2 Å². The molecule has 0 spiro atoms. The Balaban J connectivity index is 2.00. The van der Waals surface area contributed by atoms with Crippen LogP contribution in [0, 0.1) is 0 Å². The molecule has 1 aromatic carbocycles. The molecule has 0 bridgehead atoms. The number of hydrogen-bond donors (Lipinski definition) is 0. The van der Waals surface area contributed by atoms with Gasteiger partial charge in [-0.15, -0.1) is 0 Å². The molecule has 1 unspecified atom stereocenters. The molecule has 31 heavy (non-hydrogen) atoms. The number of nitrogens with zero attached hydrogens (tertiary/aromatic N) is 4. The van der Waals surface area contributed by atoms with Crippen molar-refractivity contribution in [3.63, 3.8) is 0 Å². The highest BCUT2D eigenvalue weighted by molar-refractivity contribution is 7.18. The Morgan fingerprint density at radius 2 is 1.71 bits per heavy atom. The van der Waals surface area contributed by atoms with Gasteiger partial charge in [-0.3, -0.25) is 9.48 Å². The van der Waals surface area contributed by atoms with Gasteiger partial charge in [-0.1, -0.05) is 9.24 Å². The fourth-order valence-electron chi connectivity index (χ4n) is 2.57. The van der Waals surface area contributed by atoms with E-state index in [1.54, 1.807) is 13.1 Å². The highest BCUT2D eigenvalue weighted by Crippen LogP contribution is 2.26. The van der Waals surface area contributed by atoms with E-state index in [0.29, 0.717) is 5.69 Å². The number of ether oxygens (including phenoxy) is 2. The second kappa shape index (κ2) is 8.62. The van der Waals surface area contributed by atoms with Crippen molar-refractivity contribution in [3.8, 4) is 28.8 Å². The molecule has 0 aliphatic carbocycles. The van der Waals surface area contributed by atoms with Crippen LogP contribution in [0.5, 0.6) is 11.8 Å². The lowest BCUT2D eigenvalue weighted by Gasteiger charge is -2.17. The van der Waals surface area contributed by atoms with Gasteiger partial charge in [-0.2, -0.15) is 32.0 Å². The molecule has 0 N–H and O–H groups in total. The summed E-state index contributed by atoms with van der Waals surface area (Å²) in [5.41, 5.74) is -3.20. The van der Waals surface area contributed by atoms with Gasteiger partial charge in [-0.25, -0.2) is 4.57 Å². The van der Waals surface area contributed by atoms with Crippen molar-refractivity contribution in [1.29, 1.82) is 0 Å². The Labute approximate surface area is 174 Å². The van der Waals surface area contributed by atoms with Crippen molar-refractivity contribution < 1.29 is 31.4 Å². The molecule has 0 aliphatic rings. The lowest BCUT2D eigenvalue weighted by molar-refractivity contribution is -0.153. The fraction of sp³-hybridized carbons (Fsp3) is 0.278. The molecule has 0 radical (unpaired) electrons. The van der Waals surface area contributed by atoms with E-state index in [0.717, 1.165) is 10.6 Å². The first-order chi connectivity index (χ1) is 14.4. The average Bonchev–Trinajstić information content (AvgIpc) is 3.10. The Kier molecular flexibility index (Phi) is 6.30. The third-order valence-corrected chi connectivity index (χ3v) is 4.03. The first kappa shape index (κ1) is 22.7. The average molecular weight is 462 g/mol. The largest absolute Gasteiger partial charge is 0.484 e. The van der Waals surface area contributed by atoms with Crippen LogP contribution in [0.15, 0.2) is 47.4 Å². The van der Waals surface area contributed by atoms with Gasteiger partial charge >= 0.3 is 12.2 Å². The summed E-state index contributed by atoms with van der Waals surface area (Å²) in [6.07, 6.45) is -3.04. The second-order valence-corrected chi connectivity index (χ2v) is 7.23. The van der Waals surface area contributed by atoms with Gasteiger partial charge in [0.05, 0.1) is 17.1 Å². The quantitative estimate of drug-likeness (QED) is 0.398. The zero-order chi connectivity index (χ0) is 22.8. The Morgan fingerprint density at radius 3 is 2.26 bits per heavy atom. The minimum absolute atomic E-state index is 0.0902. The van der Waals surface area contributed by atoms with Crippen LogP contribution < -0.4 is 15.0 Å². The van der Waals surface area contributed by atoms with Gasteiger partial charge in [0.15, 0.2) is 13.2 Å². The molecule has 2 aromatic heterocycles. The number of aryl methyl sites for hydroxylation is 1. The molecule has 0 aliphatic heterocycles. The van der Waals surface area contributed by atoms with E-state index in [-0.39, 0.29) is 17.1 Å². The Bertz CT molecular complexity index is 1110. The summed E-state index contributed by atoms with van der Waals surface area (Å²) in [5.74, 6) is -0.0902. The molecular formula is C18H16F5N4O3P. The summed E-state index contributed by atoms with van der Waals surface area (Å²) in [6, 6.07) is 7.29. The molecule has 3 rings (SSSR count). The van der Waals surface area contributed by atoms with E-state index < -0.39 is 36.6 Å². The Morgan fingerprint density at radius 1 is 1.03 bits per heavy atom. The first-order valence-corrected chi connectivity index (χ1v) is 9.23. The molecule has 13 heteroatoms.